The third-order valence-corrected chi connectivity index (χ3v) is 14.6. The summed E-state index contributed by atoms with van der Waals surface area (Å²) in [6.45, 7) is 14.5. The molecule has 2 aromatic carbocycles. The number of hydrogen-bond donors (Lipinski definition) is 6. The van der Waals surface area contributed by atoms with Crippen molar-refractivity contribution in [2.75, 3.05) is 72.4 Å². The molecule has 81 heavy (non-hydrogen) atoms. The first kappa shape index (κ1) is 66.9. The predicted octanol–water partition coefficient (Wildman–Crippen LogP) is 4.87. The van der Waals surface area contributed by atoms with E-state index >= 15 is 4.39 Å². The average molecular weight is 1140 g/mol. The van der Waals surface area contributed by atoms with E-state index in [0.717, 1.165) is 36.6 Å². The van der Waals surface area contributed by atoms with Crippen LogP contribution in [0, 0.1) is 22.5 Å². The van der Waals surface area contributed by atoms with Crippen LogP contribution >= 0.6 is 0 Å². The smallest absolute Gasteiger partial charge is 0.248 e. The zero-order valence-corrected chi connectivity index (χ0v) is 48.3. The second-order valence-electron chi connectivity index (χ2n) is 21.7. The molecule has 448 valence electrons. The molecular formula is C59H86F2N8O12. The highest BCUT2D eigenvalue weighted by Gasteiger charge is 2.40. The van der Waals surface area contributed by atoms with Gasteiger partial charge in [-0.25, -0.2) is 8.78 Å². The van der Waals surface area contributed by atoms with Crippen LogP contribution < -0.4 is 27.0 Å². The van der Waals surface area contributed by atoms with Gasteiger partial charge in [0.05, 0.1) is 52.1 Å². The second-order valence-corrected chi connectivity index (χ2v) is 21.7. The van der Waals surface area contributed by atoms with Gasteiger partial charge in [0.1, 0.15) is 42.2 Å². The molecule has 4 atom stereocenters. The first-order valence-corrected chi connectivity index (χ1v) is 28.1. The molecule has 0 radical (unpaired) electrons. The molecule has 4 rings (SSSR count). The summed E-state index contributed by atoms with van der Waals surface area (Å²) in [5, 5.41) is 21.0. The van der Waals surface area contributed by atoms with Gasteiger partial charge in [-0.2, -0.15) is 0 Å². The maximum Gasteiger partial charge on any atom is 0.248 e. The van der Waals surface area contributed by atoms with Gasteiger partial charge in [-0.1, -0.05) is 71.9 Å². The van der Waals surface area contributed by atoms with E-state index in [2.05, 4.69) is 21.3 Å². The number of nitrogens with two attached hydrogens (primary N) is 1. The first-order valence-electron chi connectivity index (χ1n) is 28.1. The zero-order chi connectivity index (χ0) is 59.7. The number of benzene rings is 2. The quantitative estimate of drug-likeness (QED) is 0.0426. The van der Waals surface area contributed by atoms with Crippen LogP contribution in [0.4, 0.5) is 8.78 Å². The van der Waals surface area contributed by atoms with E-state index < -0.39 is 89.7 Å². The summed E-state index contributed by atoms with van der Waals surface area (Å²) in [6, 6.07) is 10.3. The minimum absolute atomic E-state index is 0.0219. The Morgan fingerprint density at radius 2 is 1.47 bits per heavy atom. The molecule has 1 fully saturated rings. The number of amides is 7. The van der Waals surface area contributed by atoms with Crippen molar-refractivity contribution in [3.05, 3.63) is 83.7 Å². The number of nitrogens with zero attached hydrogens (tertiary/aromatic N) is 3. The number of Topliss-reactive ketones (excluding diaryl/α,β-unsaturated/α-hetero) is 1. The SMILES string of the molecule is CCC(C)(CC)C(=O)CCCC(=O)NCCOCCOCCOCCC(=O)N[C@@H](CC(N)=O)C(=O)N1CCC[C@H]1C(=O)N[C@@H](C)C(=O)NCCCN(C(=O)CO)[C@@H](c1cc(-c2cc(F)ccc2F)cn1Cc1ccccc1)C(C)(C)C. The third-order valence-electron chi connectivity index (χ3n) is 14.6. The number of rotatable bonds is 36. The Bertz CT molecular complexity index is 2550. The zero-order valence-electron chi connectivity index (χ0n) is 48.3. The number of hydrogen-bond acceptors (Lipinski definition) is 12. The Morgan fingerprint density at radius 1 is 0.802 bits per heavy atom. The largest absolute Gasteiger partial charge is 0.387 e. The number of primary amides is 1. The lowest BCUT2D eigenvalue weighted by Crippen LogP contribution is -2.56. The molecule has 0 aliphatic carbocycles. The fraction of sp³-hybridized carbons (Fsp3) is 0.593. The Labute approximate surface area is 474 Å². The van der Waals surface area contributed by atoms with Crippen LogP contribution in [-0.2, 0) is 59.1 Å². The number of carbonyl (C=O) groups excluding carboxylic acids is 8. The number of ether oxygens (including phenoxy) is 3. The summed E-state index contributed by atoms with van der Waals surface area (Å²) < 4.78 is 48.0. The number of likely N-dealkylation sites (tertiary alicyclic amines) is 1. The number of carbonyl (C=O) groups is 8. The van der Waals surface area contributed by atoms with E-state index in [1.807, 2.05) is 76.4 Å². The number of aliphatic hydroxyl groups excluding tert-OH is 1. The Hall–Kier alpha value is -6.62. The molecular weight excluding hydrogens is 1050 g/mol. The molecule has 0 spiro atoms. The molecule has 0 unspecified atom stereocenters. The molecule has 1 aromatic heterocycles. The topological polar surface area (TPSA) is 270 Å². The van der Waals surface area contributed by atoms with Gasteiger partial charge in [0.25, 0.3) is 0 Å². The molecule has 1 saturated heterocycles. The van der Waals surface area contributed by atoms with Gasteiger partial charge < -0.3 is 60.7 Å². The van der Waals surface area contributed by atoms with Gasteiger partial charge in [-0.05, 0) is 80.7 Å². The van der Waals surface area contributed by atoms with E-state index in [9.17, 15) is 47.9 Å². The van der Waals surface area contributed by atoms with Crippen molar-refractivity contribution < 1.29 is 66.5 Å². The fourth-order valence-electron chi connectivity index (χ4n) is 9.67. The van der Waals surface area contributed by atoms with Crippen LogP contribution in [0.2, 0.25) is 0 Å². The monoisotopic (exact) mass is 1140 g/mol. The van der Waals surface area contributed by atoms with Gasteiger partial charge >= 0.3 is 0 Å². The molecule has 3 aromatic rings. The van der Waals surface area contributed by atoms with E-state index in [1.165, 1.54) is 16.7 Å². The molecule has 7 N–H and O–H groups in total. The summed E-state index contributed by atoms with van der Waals surface area (Å²) in [4.78, 5) is 107. The van der Waals surface area contributed by atoms with Crippen molar-refractivity contribution in [3.8, 4) is 11.1 Å². The van der Waals surface area contributed by atoms with Crippen molar-refractivity contribution in [2.45, 2.75) is 143 Å². The van der Waals surface area contributed by atoms with Gasteiger partial charge in [-0.3, -0.25) is 38.4 Å². The van der Waals surface area contributed by atoms with Crippen LogP contribution in [-0.4, -0.2) is 157 Å². The summed E-state index contributed by atoms with van der Waals surface area (Å²) in [7, 11) is 0. The van der Waals surface area contributed by atoms with Gasteiger partial charge in [0, 0.05) is 80.4 Å². The number of aromatic nitrogens is 1. The average Bonchev–Trinajstić information content (AvgIpc) is 4.27. The molecule has 7 amide bonds. The maximum absolute atomic E-state index is 15.2. The summed E-state index contributed by atoms with van der Waals surface area (Å²) in [5.41, 5.74) is 6.44. The molecule has 0 saturated carbocycles. The number of aliphatic hydroxyl groups is 1. The van der Waals surface area contributed by atoms with Crippen LogP contribution in [0.3, 0.4) is 0 Å². The first-order chi connectivity index (χ1) is 38.5. The predicted molar refractivity (Wildman–Crippen MR) is 300 cm³/mol. The molecule has 0 bridgehead atoms. The van der Waals surface area contributed by atoms with E-state index in [-0.39, 0.29) is 101 Å². The van der Waals surface area contributed by atoms with Crippen LogP contribution in [0.5, 0.6) is 0 Å². The second kappa shape index (κ2) is 33.3. The molecule has 2 heterocycles. The lowest BCUT2D eigenvalue weighted by Gasteiger charge is -2.41. The number of halogens is 2. The third kappa shape index (κ3) is 21.3. The van der Waals surface area contributed by atoms with Crippen LogP contribution in [0.1, 0.15) is 130 Å². The standard InChI is InChI=1S/C59H86F2N8O12/c1-8-59(7,9-2)49(71)19-13-20-51(73)63-25-29-80-31-33-81-32-30-79-28-23-52(74)66-46(36-50(62)72)57(78)68-26-14-18-47(68)56(77)65-40(3)55(76)64-24-15-27-69(53(75)39-70)54(58(4,5)6)48-34-42(44-35-43(60)21-22-45(44)61)38-67(48)37-41-16-11-10-12-17-41/h10-12,16-17,21-22,34-35,38,40,46-47,54,70H,8-9,13-15,18-20,23-33,36-37,39H2,1-7H3,(H2,62,72)(H,63,73)(H,64,76)(H,65,77)(H,66,74)/t40-,46-,47-,54-/m0/s1. The van der Waals surface area contributed by atoms with Crippen molar-refractivity contribution in [1.29, 1.82) is 0 Å². The molecule has 1 aliphatic rings. The van der Waals surface area contributed by atoms with Crippen molar-refractivity contribution in [3.63, 3.8) is 0 Å². The molecule has 20 nitrogen and oxygen atoms in total. The number of ketones is 1. The van der Waals surface area contributed by atoms with Crippen LogP contribution in [0.15, 0.2) is 60.8 Å². The Kier molecular flexibility index (Phi) is 27.5. The molecule has 22 heteroatoms. The highest BCUT2D eigenvalue weighted by molar-refractivity contribution is 5.96. The maximum atomic E-state index is 15.2. The Morgan fingerprint density at radius 3 is 2.11 bits per heavy atom. The van der Waals surface area contributed by atoms with Crippen LogP contribution in [0.25, 0.3) is 11.1 Å². The van der Waals surface area contributed by atoms with E-state index in [1.54, 1.807) is 12.3 Å². The van der Waals surface area contributed by atoms with Gasteiger partial charge in [-0.15, -0.1) is 0 Å². The van der Waals surface area contributed by atoms with Crippen molar-refractivity contribution in [2.24, 2.45) is 16.6 Å². The Balaban J connectivity index is 1.21. The highest BCUT2D eigenvalue weighted by Crippen LogP contribution is 2.41. The number of nitrogens with one attached hydrogen (secondary N) is 4. The lowest BCUT2D eigenvalue weighted by atomic mass is 9.78. The summed E-state index contributed by atoms with van der Waals surface area (Å²) >= 11 is 0. The fourth-order valence-corrected chi connectivity index (χ4v) is 9.67. The minimum Gasteiger partial charge on any atom is -0.387 e. The lowest BCUT2D eigenvalue weighted by molar-refractivity contribution is -0.143. The van der Waals surface area contributed by atoms with Gasteiger partial charge in [0.15, 0.2) is 0 Å². The highest BCUT2D eigenvalue weighted by atomic mass is 19.1. The summed E-state index contributed by atoms with van der Waals surface area (Å²) in [5.74, 6) is -5.08. The van der Waals surface area contributed by atoms with E-state index in [4.69, 9.17) is 19.9 Å². The molecule has 1 aliphatic heterocycles. The van der Waals surface area contributed by atoms with E-state index in [0.29, 0.717) is 50.2 Å². The van der Waals surface area contributed by atoms with Crippen molar-refractivity contribution in [1.82, 2.24) is 35.6 Å². The van der Waals surface area contributed by atoms with Crippen molar-refractivity contribution >= 4 is 47.1 Å². The normalized spacial score (nSPS) is 14.6. The van der Waals surface area contributed by atoms with Gasteiger partial charge in [0.2, 0.25) is 41.4 Å². The summed E-state index contributed by atoms with van der Waals surface area (Å²) in [6.07, 6.45) is 4.65. The minimum atomic E-state index is -1.36.